The Hall–Kier alpha value is -0.980. The van der Waals surface area contributed by atoms with Crippen molar-refractivity contribution in [2.75, 3.05) is 0 Å². The first-order chi connectivity index (χ1) is 6.29. The lowest BCUT2D eigenvalue weighted by Gasteiger charge is -2.10. The summed E-state index contributed by atoms with van der Waals surface area (Å²) >= 11 is 2.79. The van der Waals surface area contributed by atoms with Crippen LogP contribution < -0.4 is 4.74 Å². The lowest BCUT2D eigenvalue weighted by molar-refractivity contribution is -0.275. The molecule has 0 spiro atoms. The van der Waals surface area contributed by atoms with Gasteiger partial charge in [0.15, 0.2) is 5.75 Å². The van der Waals surface area contributed by atoms with Gasteiger partial charge in [-0.25, -0.2) is 4.98 Å². The lowest BCUT2D eigenvalue weighted by atomic mass is 10.3. The Morgan fingerprint density at radius 2 is 2.07 bits per heavy atom. The van der Waals surface area contributed by atoms with Crippen LogP contribution in [0, 0.1) is 6.92 Å². The molecule has 14 heavy (non-hydrogen) atoms. The van der Waals surface area contributed by atoms with Crippen molar-refractivity contribution in [2.24, 2.45) is 0 Å². The second-order valence-electron chi connectivity index (χ2n) is 2.43. The van der Waals surface area contributed by atoms with E-state index < -0.39 is 12.1 Å². The molecule has 3 nitrogen and oxygen atoms in total. The average molecular weight is 272 g/mol. The molecular weight excluding hydrogens is 267 g/mol. The fourth-order valence-corrected chi connectivity index (χ4v) is 1.21. The number of alkyl halides is 3. The van der Waals surface area contributed by atoms with Gasteiger partial charge >= 0.3 is 6.36 Å². The molecule has 1 N–H and O–H groups in total. The summed E-state index contributed by atoms with van der Waals surface area (Å²) in [5, 5.41) is 9.09. The summed E-state index contributed by atoms with van der Waals surface area (Å²) in [4.78, 5) is 3.60. The minimum absolute atomic E-state index is 0.106. The van der Waals surface area contributed by atoms with Crippen LogP contribution in [0.15, 0.2) is 10.7 Å². The molecule has 0 aliphatic rings. The number of nitrogens with zero attached hydrogens (tertiary/aromatic N) is 1. The number of aryl methyl sites for hydroxylation is 1. The van der Waals surface area contributed by atoms with E-state index in [1.807, 2.05) is 0 Å². The molecule has 0 amide bonds. The number of hydrogen-bond acceptors (Lipinski definition) is 3. The smallest absolute Gasteiger partial charge is 0.506 e. The van der Waals surface area contributed by atoms with E-state index in [1.165, 1.54) is 6.92 Å². The zero-order valence-electron chi connectivity index (χ0n) is 6.89. The van der Waals surface area contributed by atoms with Crippen molar-refractivity contribution in [2.45, 2.75) is 13.3 Å². The molecule has 78 valence electrons. The molecule has 0 fully saturated rings. The van der Waals surface area contributed by atoms with E-state index in [1.54, 1.807) is 0 Å². The molecule has 0 unspecified atom stereocenters. The monoisotopic (exact) mass is 271 g/mol. The molecule has 0 aliphatic carbocycles. The summed E-state index contributed by atoms with van der Waals surface area (Å²) in [6.07, 6.45) is -4.80. The van der Waals surface area contributed by atoms with E-state index in [2.05, 4.69) is 25.7 Å². The van der Waals surface area contributed by atoms with Crippen molar-refractivity contribution in [1.82, 2.24) is 4.98 Å². The quantitative estimate of drug-likeness (QED) is 0.799. The van der Waals surface area contributed by atoms with Crippen LogP contribution in [0.2, 0.25) is 0 Å². The molecule has 0 aliphatic heterocycles. The van der Waals surface area contributed by atoms with Crippen molar-refractivity contribution < 1.29 is 23.0 Å². The standard InChI is InChI=1S/C7H5BrF3NO2/c1-3-4(13)2-5(6(8)12-3)14-7(9,10)11/h2,13H,1H3. The maximum absolute atomic E-state index is 11.8. The van der Waals surface area contributed by atoms with Gasteiger partial charge in [-0.2, -0.15) is 0 Å². The number of aromatic nitrogens is 1. The third kappa shape index (κ3) is 2.76. The number of hydrogen-bond donors (Lipinski definition) is 1. The van der Waals surface area contributed by atoms with Crippen molar-refractivity contribution in [3.63, 3.8) is 0 Å². The topological polar surface area (TPSA) is 42.4 Å². The van der Waals surface area contributed by atoms with Gasteiger partial charge in [-0.1, -0.05) is 0 Å². The van der Waals surface area contributed by atoms with E-state index in [9.17, 15) is 13.2 Å². The molecular formula is C7H5BrF3NO2. The molecule has 0 atom stereocenters. The molecule has 0 saturated heterocycles. The molecule has 1 rings (SSSR count). The Kier molecular flexibility index (Phi) is 2.89. The Balaban J connectivity index is 3.04. The summed E-state index contributed by atoms with van der Waals surface area (Å²) < 4.78 is 38.9. The summed E-state index contributed by atoms with van der Waals surface area (Å²) in [6.45, 7) is 1.46. The van der Waals surface area contributed by atoms with Crippen molar-refractivity contribution >= 4 is 15.9 Å². The van der Waals surface area contributed by atoms with Crippen LogP contribution in [0.4, 0.5) is 13.2 Å². The molecule has 0 aromatic carbocycles. The fraction of sp³-hybridized carbons (Fsp3) is 0.286. The van der Waals surface area contributed by atoms with Gasteiger partial charge in [-0.3, -0.25) is 0 Å². The molecule has 1 aromatic rings. The van der Waals surface area contributed by atoms with Gasteiger partial charge in [0.2, 0.25) is 0 Å². The minimum atomic E-state index is -4.80. The van der Waals surface area contributed by atoms with Crippen LogP contribution in [0.1, 0.15) is 5.69 Å². The summed E-state index contributed by atoms with van der Waals surface area (Å²) in [5.41, 5.74) is 0.214. The van der Waals surface area contributed by atoms with Crippen LogP contribution in [0.25, 0.3) is 0 Å². The second kappa shape index (κ2) is 3.64. The van der Waals surface area contributed by atoms with E-state index in [0.29, 0.717) is 0 Å². The highest BCUT2D eigenvalue weighted by Crippen LogP contribution is 2.32. The van der Waals surface area contributed by atoms with E-state index >= 15 is 0 Å². The number of halogens is 4. The Bertz CT molecular complexity index is 354. The zero-order chi connectivity index (χ0) is 10.9. The van der Waals surface area contributed by atoms with Crippen LogP contribution >= 0.6 is 15.9 Å². The van der Waals surface area contributed by atoms with Crippen LogP contribution in [-0.2, 0) is 0 Å². The largest absolute Gasteiger partial charge is 0.573 e. The van der Waals surface area contributed by atoms with Gasteiger partial charge in [0.25, 0.3) is 0 Å². The number of aromatic hydroxyl groups is 1. The third-order valence-electron chi connectivity index (χ3n) is 1.33. The van der Waals surface area contributed by atoms with Crippen LogP contribution in [0.5, 0.6) is 11.5 Å². The number of pyridine rings is 1. The summed E-state index contributed by atoms with van der Waals surface area (Å²) in [6, 6.07) is 0.847. The van der Waals surface area contributed by atoms with Crippen molar-refractivity contribution in [3.05, 3.63) is 16.4 Å². The molecule has 0 bridgehead atoms. The zero-order valence-corrected chi connectivity index (χ0v) is 8.48. The van der Waals surface area contributed by atoms with Gasteiger partial charge in [-0.05, 0) is 22.9 Å². The van der Waals surface area contributed by atoms with E-state index in [4.69, 9.17) is 5.11 Å². The van der Waals surface area contributed by atoms with E-state index in [0.717, 1.165) is 6.07 Å². The van der Waals surface area contributed by atoms with Gasteiger partial charge < -0.3 is 9.84 Å². The third-order valence-corrected chi connectivity index (χ3v) is 1.90. The van der Waals surface area contributed by atoms with Gasteiger partial charge in [0.05, 0.1) is 5.69 Å². The molecule has 1 aromatic heterocycles. The van der Waals surface area contributed by atoms with Crippen molar-refractivity contribution in [1.29, 1.82) is 0 Å². The summed E-state index contributed by atoms with van der Waals surface area (Å²) in [5.74, 6) is -0.923. The highest BCUT2D eigenvalue weighted by atomic mass is 79.9. The highest BCUT2D eigenvalue weighted by molar-refractivity contribution is 9.10. The lowest BCUT2D eigenvalue weighted by Crippen LogP contribution is -2.17. The first-order valence-corrected chi connectivity index (χ1v) is 4.21. The normalized spacial score (nSPS) is 11.5. The maximum Gasteiger partial charge on any atom is 0.573 e. The highest BCUT2D eigenvalue weighted by Gasteiger charge is 2.32. The fourth-order valence-electron chi connectivity index (χ4n) is 0.744. The van der Waals surface area contributed by atoms with Crippen LogP contribution in [-0.4, -0.2) is 16.5 Å². The van der Waals surface area contributed by atoms with E-state index in [-0.39, 0.29) is 16.0 Å². The second-order valence-corrected chi connectivity index (χ2v) is 3.18. The van der Waals surface area contributed by atoms with Gasteiger partial charge in [0, 0.05) is 6.07 Å². The first kappa shape index (κ1) is 11.1. The van der Waals surface area contributed by atoms with Gasteiger partial charge in [0.1, 0.15) is 10.4 Å². The van der Waals surface area contributed by atoms with Crippen molar-refractivity contribution in [3.8, 4) is 11.5 Å². The Morgan fingerprint density at radius 3 is 2.57 bits per heavy atom. The first-order valence-electron chi connectivity index (χ1n) is 3.41. The average Bonchev–Trinajstić information content (AvgIpc) is 1.97. The summed E-state index contributed by atoms with van der Waals surface area (Å²) in [7, 11) is 0. The molecule has 7 heteroatoms. The number of ether oxygens (including phenoxy) is 1. The van der Waals surface area contributed by atoms with Gasteiger partial charge in [-0.15, -0.1) is 13.2 Å². The molecule has 1 heterocycles. The predicted octanol–water partition coefficient (Wildman–Crippen LogP) is 2.76. The molecule has 0 saturated carbocycles. The SMILES string of the molecule is Cc1nc(Br)c(OC(F)(F)F)cc1O. The van der Waals surface area contributed by atoms with Crippen LogP contribution in [0.3, 0.4) is 0 Å². The Morgan fingerprint density at radius 1 is 1.50 bits per heavy atom. The minimum Gasteiger partial charge on any atom is -0.506 e. The maximum atomic E-state index is 11.8. The molecule has 0 radical (unpaired) electrons. The number of rotatable bonds is 1. The predicted molar refractivity (Wildman–Crippen MR) is 45.0 cm³/mol. The Labute approximate surface area is 85.7 Å².